The predicted molar refractivity (Wildman–Crippen MR) is 78.1 cm³/mol. The van der Waals surface area contributed by atoms with Crippen LogP contribution in [0.15, 0.2) is 18.2 Å². The summed E-state index contributed by atoms with van der Waals surface area (Å²) in [5, 5.41) is 7.78. The molecule has 0 atom stereocenters. The number of ether oxygens (including phenoxy) is 1. The van der Waals surface area contributed by atoms with Gasteiger partial charge in [0.05, 0.1) is 13.2 Å². The Morgan fingerprint density at radius 2 is 1.95 bits per heavy atom. The Hall–Kier alpha value is -2.24. The van der Waals surface area contributed by atoms with Crippen LogP contribution in [-0.2, 0) is 4.79 Å². The number of carbonyl (C=O) groups is 2. The summed E-state index contributed by atoms with van der Waals surface area (Å²) in [6.45, 7) is 6.70. The average Bonchev–Trinajstić information content (AvgIpc) is 2.40. The quantitative estimate of drug-likeness (QED) is 0.741. The molecule has 0 bridgehead atoms. The van der Waals surface area contributed by atoms with Gasteiger partial charge in [-0.2, -0.15) is 0 Å². The molecule has 0 fully saturated rings. The number of urea groups is 1. The average molecular weight is 279 g/mol. The molecule has 0 aliphatic carbocycles. The molecule has 1 aromatic rings. The van der Waals surface area contributed by atoms with E-state index >= 15 is 0 Å². The van der Waals surface area contributed by atoms with Gasteiger partial charge in [0.1, 0.15) is 5.75 Å². The highest BCUT2D eigenvalue weighted by molar-refractivity contribution is 5.92. The van der Waals surface area contributed by atoms with Gasteiger partial charge < -0.3 is 20.7 Å². The van der Waals surface area contributed by atoms with Crippen LogP contribution < -0.4 is 20.7 Å². The van der Waals surface area contributed by atoms with Crippen molar-refractivity contribution in [3.05, 3.63) is 23.8 Å². The van der Waals surface area contributed by atoms with E-state index in [0.717, 1.165) is 11.3 Å². The second kappa shape index (κ2) is 8.04. The highest BCUT2D eigenvalue weighted by Gasteiger charge is 2.07. The Morgan fingerprint density at radius 1 is 1.20 bits per heavy atom. The number of hydrogen-bond acceptors (Lipinski definition) is 3. The van der Waals surface area contributed by atoms with Crippen LogP contribution in [0, 0.1) is 6.92 Å². The summed E-state index contributed by atoms with van der Waals surface area (Å²) < 4.78 is 5.37. The SMILES string of the molecule is CCNC(=O)CNC(=O)Nc1ccc(OCC)cc1C. The van der Waals surface area contributed by atoms with E-state index in [4.69, 9.17) is 4.74 Å². The fourth-order valence-corrected chi connectivity index (χ4v) is 1.62. The Bertz CT molecular complexity index is 475. The summed E-state index contributed by atoms with van der Waals surface area (Å²) >= 11 is 0. The summed E-state index contributed by atoms with van der Waals surface area (Å²) in [5.74, 6) is 0.546. The van der Waals surface area contributed by atoms with E-state index in [0.29, 0.717) is 18.8 Å². The zero-order chi connectivity index (χ0) is 15.0. The third-order valence-electron chi connectivity index (χ3n) is 2.54. The second-order valence-electron chi connectivity index (χ2n) is 4.17. The maximum absolute atomic E-state index is 11.7. The summed E-state index contributed by atoms with van der Waals surface area (Å²) in [6, 6.07) is 4.99. The van der Waals surface area contributed by atoms with E-state index in [1.54, 1.807) is 12.1 Å². The zero-order valence-corrected chi connectivity index (χ0v) is 12.1. The first-order chi connectivity index (χ1) is 9.56. The molecule has 0 saturated carbocycles. The molecule has 110 valence electrons. The first kappa shape index (κ1) is 15.8. The first-order valence-electron chi connectivity index (χ1n) is 6.61. The standard InChI is InChI=1S/C14H21N3O3/c1-4-15-13(18)9-16-14(19)17-12-7-6-11(20-5-2)8-10(12)3/h6-8H,4-5,9H2,1-3H3,(H,15,18)(H2,16,17,19). The molecule has 0 aromatic heterocycles. The Morgan fingerprint density at radius 3 is 2.55 bits per heavy atom. The predicted octanol–water partition coefficient (Wildman–Crippen LogP) is 1.65. The number of rotatable bonds is 6. The van der Waals surface area contributed by atoms with E-state index < -0.39 is 6.03 Å². The third kappa shape index (κ3) is 5.17. The molecule has 0 unspecified atom stereocenters. The van der Waals surface area contributed by atoms with E-state index in [1.807, 2.05) is 26.8 Å². The van der Waals surface area contributed by atoms with Gasteiger partial charge in [0.25, 0.3) is 0 Å². The molecule has 0 spiro atoms. The van der Waals surface area contributed by atoms with Gasteiger partial charge >= 0.3 is 6.03 Å². The summed E-state index contributed by atoms with van der Waals surface area (Å²) in [7, 11) is 0. The second-order valence-corrected chi connectivity index (χ2v) is 4.17. The highest BCUT2D eigenvalue weighted by Crippen LogP contribution is 2.21. The number of likely N-dealkylation sites (N-methyl/N-ethyl adjacent to an activating group) is 1. The van der Waals surface area contributed by atoms with Gasteiger partial charge in [-0.15, -0.1) is 0 Å². The zero-order valence-electron chi connectivity index (χ0n) is 12.1. The van der Waals surface area contributed by atoms with Crippen molar-refractivity contribution in [2.45, 2.75) is 20.8 Å². The molecule has 0 radical (unpaired) electrons. The maximum Gasteiger partial charge on any atom is 0.319 e. The summed E-state index contributed by atoms with van der Waals surface area (Å²) in [5.41, 5.74) is 1.57. The van der Waals surface area contributed by atoms with Crippen LogP contribution in [0.5, 0.6) is 5.75 Å². The minimum Gasteiger partial charge on any atom is -0.494 e. The van der Waals surface area contributed by atoms with Crippen LogP contribution in [0.25, 0.3) is 0 Å². The Balaban J connectivity index is 2.51. The van der Waals surface area contributed by atoms with Crippen molar-refractivity contribution in [2.75, 3.05) is 25.0 Å². The van der Waals surface area contributed by atoms with Crippen molar-refractivity contribution < 1.29 is 14.3 Å². The van der Waals surface area contributed by atoms with Crippen molar-refractivity contribution >= 4 is 17.6 Å². The fraction of sp³-hybridized carbons (Fsp3) is 0.429. The normalized spacial score (nSPS) is 9.75. The third-order valence-corrected chi connectivity index (χ3v) is 2.54. The smallest absolute Gasteiger partial charge is 0.319 e. The maximum atomic E-state index is 11.7. The highest BCUT2D eigenvalue weighted by atomic mass is 16.5. The molecule has 0 aliphatic rings. The van der Waals surface area contributed by atoms with Crippen LogP contribution >= 0.6 is 0 Å². The lowest BCUT2D eigenvalue weighted by molar-refractivity contribution is -0.119. The van der Waals surface area contributed by atoms with Crippen molar-refractivity contribution in [1.82, 2.24) is 10.6 Å². The lowest BCUT2D eigenvalue weighted by Crippen LogP contribution is -2.38. The Labute approximate surface area is 118 Å². The van der Waals surface area contributed by atoms with Gasteiger partial charge in [0.15, 0.2) is 0 Å². The summed E-state index contributed by atoms with van der Waals surface area (Å²) in [4.78, 5) is 22.9. The van der Waals surface area contributed by atoms with Crippen LogP contribution in [-0.4, -0.2) is 31.6 Å². The molecule has 0 aliphatic heterocycles. The van der Waals surface area contributed by atoms with Crippen LogP contribution in [0.2, 0.25) is 0 Å². The molecule has 6 nitrogen and oxygen atoms in total. The first-order valence-corrected chi connectivity index (χ1v) is 6.61. The number of amides is 3. The molecule has 0 saturated heterocycles. The van der Waals surface area contributed by atoms with Gasteiger partial charge in [0.2, 0.25) is 5.91 Å². The lowest BCUT2D eigenvalue weighted by Gasteiger charge is -2.11. The number of aryl methyl sites for hydroxylation is 1. The van der Waals surface area contributed by atoms with E-state index in [9.17, 15) is 9.59 Å². The Kier molecular flexibility index (Phi) is 6.36. The minimum absolute atomic E-state index is 0.0459. The van der Waals surface area contributed by atoms with E-state index in [-0.39, 0.29) is 12.5 Å². The lowest BCUT2D eigenvalue weighted by atomic mass is 10.2. The van der Waals surface area contributed by atoms with Crippen molar-refractivity contribution in [3.8, 4) is 5.75 Å². The van der Waals surface area contributed by atoms with Crippen molar-refractivity contribution in [2.24, 2.45) is 0 Å². The molecule has 1 aromatic carbocycles. The monoisotopic (exact) mass is 279 g/mol. The topological polar surface area (TPSA) is 79.5 Å². The molecule has 3 amide bonds. The number of anilines is 1. The van der Waals surface area contributed by atoms with Crippen molar-refractivity contribution in [3.63, 3.8) is 0 Å². The number of carbonyl (C=O) groups excluding carboxylic acids is 2. The van der Waals surface area contributed by atoms with Crippen LogP contribution in [0.4, 0.5) is 10.5 Å². The van der Waals surface area contributed by atoms with Gasteiger partial charge in [-0.1, -0.05) is 0 Å². The van der Waals surface area contributed by atoms with Crippen LogP contribution in [0.1, 0.15) is 19.4 Å². The molecule has 1 rings (SSSR count). The molecule has 6 heteroatoms. The van der Waals surface area contributed by atoms with E-state index in [1.165, 1.54) is 0 Å². The summed E-state index contributed by atoms with van der Waals surface area (Å²) in [6.07, 6.45) is 0. The number of nitrogens with one attached hydrogen (secondary N) is 3. The molecular formula is C14H21N3O3. The van der Waals surface area contributed by atoms with E-state index in [2.05, 4.69) is 16.0 Å². The number of benzene rings is 1. The molecule has 20 heavy (non-hydrogen) atoms. The fourth-order valence-electron chi connectivity index (χ4n) is 1.62. The largest absolute Gasteiger partial charge is 0.494 e. The molecular weight excluding hydrogens is 258 g/mol. The van der Waals surface area contributed by atoms with Gasteiger partial charge in [0, 0.05) is 12.2 Å². The minimum atomic E-state index is -0.413. The van der Waals surface area contributed by atoms with Crippen LogP contribution in [0.3, 0.4) is 0 Å². The number of hydrogen-bond donors (Lipinski definition) is 3. The van der Waals surface area contributed by atoms with Gasteiger partial charge in [-0.25, -0.2) is 4.79 Å². The van der Waals surface area contributed by atoms with Crippen molar-refractivity contribution in [1.29, 1.82) is 0 Å². The molecule has 3 N–H and O–H groups in total. The van der Waals surface area contributed by atoms with Gasteiger partial charge in [-0.3, -0.25) is 4.79 Å². The molecule has 0 heterocycles. The van der Waals surface area contributed by atoms with Gasteiger partial charge in [-0.05, 0) is 44.5 Å².